The molecule has 0 spiro atoms. The Morgan fingerprint density at radius 1 is 1.18 bits per heavy atom. The summed E-state index contributed by atoms with van der Waals surface area (Å²) in [5.41, 5.74) is 0.276. The molecule has 0 atom stereocenters. The number of esters is 1. The molecule has 0 amide bonds. The van der Waals surface area contributed by atoms with E-state index in [0.29, 0.717) is 23.9 Å². The quantitative estimate of drug-likeness (QED) is 0.735. The zero-order chi connectivity index (χ0) is 12.8. The summed E-state index contributed by atoms with van der Waals surface area (Å²) in [6, 6.07) is 3.23. The van der Waals surface area contributed by atoms with E-state index in [1.165, 1.54) is 21.3 Å². The number of hydrogen-bond acceptors (Lipinski definition) is 5. The van der Waals surface area contributed by atoms with E-state index in [-0.39, 0.29) is 5.56 Å². The molecule has 0 bridgehead atoms. The fourth-order valence-electron chi connectivity index (χ4n) is 1.45. The monoisotopic (exact) mass is 240 g/mol. The van der Waals surface area contributed by atoms with Crippen LogP contribution in [0.4, 0.5) is 0 Å². The molecule has 5 heteroatoms. The highest BCUT2D eigenvalue weighted by Crippen LogP contribution is 2.35. The lowest BCUT2D eigenvalue weighted by molar-refractivity contribution is 0.0595. The van der Waals surface area contributed by atoms with Gasteiger partial charge in [-0.2, -0.15) is 0 Å². The Kier molecular flexibility index (Phi) is 4.63. The van der Waals surface area contributed by atoms with E-state index in [9.17, 15) is 4.79 Å². The molecule has 17 heavy (non-hydrogen) atoms. The van der Waals surface area contributed by atoms with Crippen LogP contribution in [0.3, 0.4) is 0 Å². The van der Waals surface area contributed by atoms with Crippen LogP contribution in [-0.4, -0.2) is 33.9 Å². The van der Waals surface area contributed by atoms with Gasteiger partial charge in [-0.05, 0) is 13.0 Å². The molecular weight excluding hydrogens is 224 g/mol. The summed E-state index contributed by atoms with van der Waals surface area (Å²) in [6.07, 6.45) is 0. The highest BCUT2D eigenvalue weighted by molar-refractivity contribution is 5.94. The van der Waals surface area contributed by atoms with Gasteiger partial charge >= 0.3 is 5.97 Å². The van der Waals surface area contributed by atoms with Gasteiger partial charge in [-0.25, -0.2) is 4.79 Å². The van der Waals surface area contributed by atoms with Crippen molar-refractivity contribution in [1.29, 1.82) is 0 Å². The second-order valence-electron chi connectivity index (χ2n) is 3.13. The molecule has 1 rings (SSSR count). The molecule has 0 fully saturated rings. The van der Waals surface area contributed by atoms with Crippen molar-refractivity contribution in [2.24, 2.45) is 0 Å². The summed E-state index contributed by atoms with van der Waals surface area (Å²) in [5, 5.41) is 0. The maximum absolute atomic E-state index is 11.6. The van der Waals surface area contributed by atoms with E-state index in [0.717, 1.165) is 0 Å². The van der Waals surface area contributed by atoms with E-state index in [2.05, 4.69) is 4.74 Å². The van der Waals surface area contributed by atoms with Gasteiger partial charge in [0.2, 0.25) is 0 Å². The first-order valence-corrected chi connectivity index (χ1v) is 5.15. The summed E-state index contributed by atoms with van der Waals surface area (Å²) in [4.78, 5) is 11.6. The first-order chi connectivity index (χ1) is 8.17. The summed E-state index contributed by atoms with van der Waals surface area (Å²) < 4.78 is 20.3. The average Bonchev–Trinajstić information content (AvgIpc) is 2.37. The van der Waals surface area contributed by atoms with Crippen molar-refractivity contribution < 1.29 is 23.7 Å². The van der Waals surface area contributed by atoms with Crippen molar-refractivity contribution in [3.8, 4) is 17.2 Å². The maximum Gasteiger partial charge on any atom is 0.341 e. The molecule has 0 saturated carbocycles. The number of rotatable bonds is 5. The van der Waals surface area contributed by atoms with Crippen molar-refractivity contribution in [1.82, 2.24) is 0 Å². The number of methoxy groups -OCH3 is 3. The van der Waals surface area contributed by atoms with Crippen LogP contribution in [0, 0.1) is 0 Å². The van der Waals surface area contributed by atoms with E-state index >= 15 is 0 Å². The second kappa shape index (κ2) is 5.98. The molecular formula is C12H16O5. The Balaban J connectivity index is 3.31. The molecule has 94 valence electrons. The van der Waals surface area contributed by atoms with Crippen LogP contribution in [0.1, 0.15) is 17.3 Å². The van der Waals surface area contributed by atoms with Gasteiger partial charge in [-0.15, -0.1) is 0 Å². The Hall–Kier alpha value is -1.91. The molecule has 5 nitrogen and oxygen atoms in total. The predicted molar refractivity (Wildman–Crippen MR) is 62.1 cm³/mol. The number of ether oxygens (including phenoxy) is 4. The second-order valence-corrected chi connectivity index (χ2v) is 3.13. The highest BCUT2D eigenvalue weighted by atomic mass is 16.5. The minimum absolute atomic E-state index is 0.276. The first-order valence-electron chi connectivity index (χ1n) is 5.15. The van der Waals surface area contributed by atoms with Gasteiger partial charge in [-0.1, -0.05) is 0 Å². The topological polar surface area (TPSA) is 54.0 Å². The molecule has 1 aromatic rings. The van der Waals surface area contributed by atoms with Crippen LogP contribution in [0.2, 0.25) is 0 Å². The van der Waals surface area contributed by atoms with Gasteiger partial charge in [0.25, 0.3) is 0 Å². The Bertz CT molecular complexity index is 400. The zero-order valence-electron chi connectivity index (χ0n) is 10.4. The van der Waals surface area contributed by atoms with Crippen molar-refractivity contribution in [2.45, 2.75) is 6.92 Å². The summed E-state index contributed by atoms with van der Waals surface area (Å²) in [7, 11) is 4.26. The number of carbonyl (C=O) groups is 1. The van der Waals surface area contributed by atoms with Gasteiger partial charge in [0.1, 0.15) is 11.3 Å². The third-order valence-electron chi connectivity index (χ3n) is 2.17. The van der Waals surface area contributed by atoms with Crippen LogP contribution >= 0.6 is 0 Å². The largest absolute Gasteiger partial charge is 0.494 e. The summed E-state index contributed by atoms with van der Waals surface area (Å²) in [6.45, 7) is 2.35. The van der Waals surface area contributed by atoms with Gasteiger partial charge in [0.15, 0.2) is 11.5 Å². The zero-order valence-corrected chi connectivity index (χ0v) is 10.4. The summed E-state index contributed by atoms with van der Waals surface area (Å²) >= 11 is 0. The molecule has 1 aromatic carbocycles. The van der Waals surface area contributed by atoms with Crippen LogP contribution < -0.4 is 14.2 Å². The molecule has 0 radical (unpaired) electrons. The van der Waals surface area contributed by atoms with Crippen molar-refractivity contribution in [3.05, 3.63) is 17.7 Å². The van der Waals surface area contributed by atoms with Crippen LogP contribution in [0.15, 0.2) is 12.1 Å². The van der Waals surface area contributed by atoms with Gasteiger partial charge in [0.05, 0.1) is 27.9 Å². The van der Waals surface area contributed by atoms with Crippen LogP contribution in [0.5, 0.6) is 17.2 Å². The van der Waals surface area contributed by atoms with Crippen molar-refractivity contribution in [2.75, 3.05) is 27.9 Å². The van der Waals surface area contributed by atoms with E-state index in [4.69, 9.17) is 14.2 Å². The fraction of sp³-hybridized carbons (Fsp3) is 0.417. The molecule has 0 aliphatic carbocycles. The van der Waals surface area contributed by atoms with Crippen molar-refractivity contribution >= 4 is 5.97 Å². The molecule has 0 aromatic heterocycles. The fourth-order valence-corrected chi connectivity index (χ4v) is 1.45. The molecule has 0 aliphatic heterocycles. The lowest BCUT2D eigenvalue weighted by Crippen LogP contribution is -2.06. The molecule has 0 aliphatic rings. The first kappa shape index (κ1) is 13.2. The smallest absolute Gasteiger partial charge is 0.341 e. The van der Waals surface area contributed by atoms with E-state index in [1.807, 2.05) is 6.92 Å². The number of carbonyl (C=O) groups excluding carboxylic acids is 1. The molecule has 0 heterocycles. The van der Waals surface area contributed by atoms with E-state index in [1.54, 1.807) is 12.1 Å². The maximum atomic E-state index is 11.6. The molecule has 0 N–H and O–H groups in total. The number of benzene rings is 1. The predicted octanol–water partition coefficient (Wildman–Crippen LogP) is 1.89. The lowest BCUT2D eigenvalue weighted by Gasteiger charge is -2.13. The van der Waals surface area contributed by atoms with Crippen LogP contribution in [-0.2, 0) is 4.74 Å². The minimum atomic E-state index is -0.498. The number of hydrogen-bond donors (Lipinski definition) is 0. The Morgan fingerprint density at radius 2 is 1.88 bits per heavy atom. The average molecular weight is 240 g/mol. The summed E-state index contributed by atoms with van der Waals surface area (Å²) in [5.74, 6) is 0.800. The lowest BCUT2D eigenvalue weighted by atomic mass is 10.1. The third-order valence-corrected chi connectivity index (χ3v) is 2.17. The van der Waals surface area contributed by atoms with Gasteiger partial charge in [-0.3, -0.25) is 0 Å². The molecule has 0 saturated heterocycles. The Labute approximate surface area is 100 Å². The third kappa shape index (κ3) is 2.81. The standard InChI is InChI=1S/C12H16O5/c1-5-17-8-6-9(12(13)16-4)11(15-3)10(7-8)14-2/h6-7H,5H2,1-4H3. The minimum Gasteiger partial charge on any atom is -0.494 e. The highest BCUT2D eigenvalue weighted by Gasteiger charge is 2.19. The van der Waals surface area contributed by atoms with Crippen molar-refractivity contribution in [3.63, 3.8) is 0 Å². The van der Waals surface area contributed by atoms with E-state index < -0.39 is 5.97 Å². The molecule has 0 unspecified atom stereocenters. The Morgan fingerprint density at radius 3 is 2.35 bits per heavy atom. The van der Waals surface area contributed by atoms with Gasteiger partial charge < -0.3 is 18.9 Å². The van der Waals surface area contributed by atoms with Crippen LogP contribution in [0.25, 0.3) is 0 Å². The SMILES string of the molecule is CCOc1cc(OC)c(OC)c(C(=O)OC)c1. The normalized spacial score (nSPS) is 9.65. The van der Waals surface area contributed by atoms with Gasteiger partial charge in [0, 0.05) is 6.07 Å².